The SMILES string of the molecule is CNC(C)c1ccc(OC)c(-c2cccc(F)c2)c1. The standard InChI is InChI=1S/C16H18FNO/c1-11(18-2)12-7-8-16(19-3)15(10-12)13-5-4-6-14(17)9-13/h4-11,18H,1-3H3. The molecule has 100 valence electrons. The number of benzene rings is 2. The molecule has 3 heteroatoms. The molecule has 0 bridgehead atoms. The highest BCUT2D eigenvalue weighted by Gasteiger charge is 2.10. The second-order valence-corrected chi connectivity index (χ2v) is 4.48. The van der Waals surface area contributed by atoms with E-state index in [9.17, 15) is 4.39 Å². The predicted molar refractivity (Wildman–Crippen MR) is 75.9 cm³/mol. The lowest BCUT2D eigenvalue weighted by atomic mass is 9.99. The van der Waals surface area contributed by atoms with Gasteiger partial charge in [0.15, 0.2) is 0 Å². The van der Waals surface area contributed by atoms with Crippen LogP contribution in [0.5, 0.6) is 5.75 Å². The molecule has 2 nitrogen and oxygen atoms in total. The topological polar surface area (TPSA) is 21.3 Å². The summed E-state index contributed by atoms with van der Waals surface area (Å²) in [5, 5.41) is 3.19. The minimum atomic E-state index is -0.244. The molecule has 0 saturated carbocycles. The third-order valence-corrected chi connectivity index (χ3v) is 3.29. The molecule has 1 unspecified atom stereocenters. The average molecular weight is 259 g/mol. The highest BCUT2D eigenvalue weighted by atomic mass is 19.1. The molecule has 2 rings (SSSR count). The maximum atomic E-state index is 13.4. The first kappa shape index (κ1) is 13.6. The fraction of sp³-hybridized carbons (Fsp3) is 0.250. The van der Waals surface area contributed by atoms with Gasteiger partial charge >= 0.3 is 0 Å². The van der Waals surface area contributed by atoms with Gasteiger partial charge in [0.05, 0.1) is 7.11 Å². The van der Waals surface area contributed by atoms with E-state index in [0.717, 1.165) is 22.4 Å². The summed E-state index contributed by atoms with van der Waals surface area (Å²) < 4.78 is 18.7. The summed E-state index contributed by atoms with van der Waals surface area (Å²) in [6.45, 7) is 2.08. The van der Waals surface area contributed by atoms with Crippen LogP contribution in [0.4, 0.5) is 4.39 Å². The molecule has 0 fully saturated rings. The van der Waals surface area contributed by atoms with E-state index in [-0.39, 0.29) is 11.9 Å². The van der Waals surface area contributed by atoms with Crippen molar-refractivity contribution < 1.29 is 9.13 Å². The van der Waals surface area contributed by atoms with Crippen LogP contribution in [-0.2, 0) is 0 Å². The second kappa shape index (κ2) is 5.85. The zero-order chi connectivity index (χ0) is 13.8. The molecule has 0 aromatic heterocycles. The van der Waals surface area contributed by atoms with Crippen LogP contribution in [0.15, 0.2) is 42.5 Å². The van der Waals surface area contributed by atoms with Crippen LogP contribution in [0.1, 0.15) is 18.5 Å². The number of nitrogens with one attached hydrogen (secondary N) is 1. The predicted octanol–water partition coefficient (Wildman–Crippen LogP) is 3.78. The highest BCUT2D eigenvalue weighted by Crippen LogP contribution is 2.32. The average Bonchev–Trinajstić information content (AvgIpc) is 2.45. The molecule has 0 spiro atoms. The van der Waals surface area contributed by atoms with Gasteiger partial charge in [-0.05, 0) is 49.4 Å². The Balaban J connectivity index is 2.53. The fourth-order valence-corrected chi connectivity index (χ4v) is 2.04. The first-order valence-electron chi connectivity index (χ1n) is 6.27. The number of ether oxygens (including phenoxy) is 1. The summed E-state index contributed by atoms with van der Waals surface area (Å²) in [4.78, 5) is 0. The molecule has 0 amide bonds. The van der Waals surface area contributed by atoms with Crippen molar-refractivity contribution in [2.45, 2.75) is 13.0 Å². The molecule has 0 heterocycles. The lowest BCUT2D eigenvalue weighted by Crippen LogP contribution is -2.12. The Bertz CT molecular complexity index is 568. The van der Waals surface area contributed by atoms with Crippen molar-refractivity contribution in [2.75, 3.05) is 14.2 Å². The lowest BCUT2D eigenvalue weighted by molar-refractivity contribution is 0.416. The fourth-order valence-electron chi connectivity index (χ4n) is 2.04. The number of halogens is 1. The molecule has 19 heavy (non-hydrogen) atoms. The molecule has 2 aromatic rings. The Morgan fingerprint density at radius 2 is 1.95 bits per heavy atom. The van der Waals surface area contributed by atoms with E-state index < -0.39 is 0 Å². The van der Waals surface area contributed by atoms with Gasteiger partial charge in [-0.15, -0.1) is 0 Å². The van der Waals surface area contributed by atoms with Crippen LogP contribution in [-0.4, -0.2) is 14.2 Å². The van der Waals surface area contributed by atoms with Crippen molar-refractivity contribution in [1.29, 1.82) is 0 Å². The van der Waals surface area contributed by atoms with E-state index in [1.807, 2.05) is 31.3 Å². The first-order chi connectivity index (χ1) is 9.15. The minimum absolute atomic E-state index is 0.234. The first-order valence-corrected chi connectivity index (χ1v) is 6.27. The van der Waals surface area contributed by atoms with Crippen molar-refractivity contribution in [3.63, 3.8) is 0 Å². The van der Waals surface area contributed by atoms with Crippen molar-refractivity contribution in [3.05, 3.63) is 53.8 Å². The Morgan fingerprint density at radius 1 is 1.16 bits per heavy atom. The van der Waals surface area contributed by atoms with Crippen LogP contribution >= 0.6 is 0 Å². The Kier molecular flexibility index (Phi) is 4.17. The Hall–Kier alpha value is -1.87. The van der Waals surface area contributed by atoms with Crippen LogP contribution in [0.3, 0.4) is 0 Å². The molecule has 0 radical (unpaired) electrons. The number of hydrogen-bond donors (Lipinski definition) is 1. The van der Waals surface area contributed by atoms with Crippen LogP contribution < -0.4 is 10.1 Å². The van der Waals surface area contributed by atoms with E-state index in [4.69, 9.17) is 4.74 Å². The van der Waals surface area contributed by atoms with Gasteiger partial charge in [-0.3, -0.25) is 0 Å². The zero-order valence-corrected chi connectivity index (χ0v) is 11.4. The van der Waals surface area contributed by atoms with Gasteiger partial charge in [-0.25, -0.2) is 4.39 Å². The molecule has 2 aromatic carbocycles. The molecule has 0 aliphatic carbocycles. The third-order valence-electron chi connectivity index (χ3n) is 3.29. The number of hydrogen-bond acceptors (Lipinski definition) is 2. The second-order valence-electron chi connectivity index (χ2n) is 4.48. The quantitative estimate of drug-likeness (QED) is 0.902. The summed E-state index contributed by atoms with van der Waals surface area (Å²) >= 11 is 0. The molecular formula is C16H18FNO. The Labute approximate surface area is 113 Å². The maximum Gasteiger partial charge on any atom is 0.126 e. The molecule has 1 N–H and O–H groups in total. The van der Waals surface area contributed by atoms with Gasteiger partial charge in [-0.2, -0.15) is 0 Å². The lowest BCUT2D eigenvalue weighted by Gasteiger charge is -2.15. The van der Waals surface area contributed by atoms with E-state index >= 15 is 0 Å². The molecular weight excluding hydrogens is 241 g/mol. The normalized spacial score (nSPS) is 12.2. The van der Waals surface area contributed by atoms with Gasteiger partial charge in [0.1, 0.15) is 11.6 Å². The maximum absolute atomic E-state index is 13.4. The van der Waals surface area contributed by atoms with Crippen molar-refractivity contribution in [1.82, 2.24) is 5.32 Å². The van der Waals surface area contributed by atoms with Gasteiger partial charge in [0, 0.05) is 11.6 Å². The summed E-state index contributed by atoms with van der Waals surface area (Å²) in [6, 6.07) is 12.8. The third kappa shape index (κ3) is 2.93. The minimum Gasteiger partial charge on any atom is -0.496 e. The van der Waals surface area contributed by atoms with Crippen LogP contribution in [0.25, 0.3) is 11.1 Å². The van der Waals surface area contributed by atoms with Crippen molar-refractivity contribution in [2.24, 2.45) is 0 Å². The van der Waals surface area contributed by atoms with Gasteiger partial charge in [0.25, 0.3) is 0 Å². The van der Waals surface area contributed by atoms with E-state index in [2.05, 4.69) is 12.2 Å². The van der Waals surface area contributed by atoms with E-state index in [1.54, 1.807) is 13.2 Å². The van der Waals surface area contributed by atoms with Crippen LogP contribution in [0, 0.1) is 5.82 Å². The molecule has 0 saturated heterocycles. The van der Waals surface area contributed by atoms with Gasteiger partial charge < -0.3 is 10.1 Å². The largest absolute Gasteiger partial charge is 0.496 e. The smallest absolute Gasteiger partial charge is 0.126 e. The van der Waals surface area contributed by atoms with Crippen molar-refractivity contribution in [3.8, 4) is 16.9 Å². The summed E-state index contributed by atoms with van der Waals surface area (Å²) in [7, 11) is 3.54. The molecule has 0 aliphatic rings. The number of rotatable bonds is 4. The number of methoxy groups -OCH3 is 1. The zero-order valence-electron chi connectivity index (χ0n) is 11.4. The van der Waals surface area contributed by atoms with E-state index in [0.29, 0.717) is 0 Å². The van der Waals surface area contributed by atoms with Gasteiger partial charge in [-0.1, -0.05) is 18.2 Å². The summed E-state index contributed by atoms with van der Waals surface area (Å²) in [5.74, 6) is 0.504. The van der Waals surface area contributed by atoms with Crippen molar-refractivity contribution >= 4 is 0 Å². The monoisotopic (exact) mass is 259 g/mol. The Morgan fingerprint density at radius 3 is 2.58 bits per heavy atom. The van der Waals surface area contributed by atoms with E-state index in [1.165, 1.54) is 12.1 Å². The summed E-state index contributed by atoms with van der Waals surface area (Å²) in [6.07, 6.45) is 0. The van der Waals surface area contributed by atoms with Crippen LogP contribution in [0.2, 0.25) is 0 Å². The molecule has 1 atom stereocenters. The van der Waals surface area contributed by atoms with Gasteiger partial charge in [0.2, 0.25) is 0 Å². The highest BCUT2D eigenvalue weighted by molar-refractivity contribution is 5.71. The summed E-state index contributed by atoms with van der Waals surface area (Å²) in [5.41, 5.74) is 2.87. The molecule has 0 aliphatic heterocycles.